The summed E-state index contributed by atoms with van der Waals surface area (Å²) >= 11 is 3.88. The van der Waals surface area contributed by atoms with Crippen molar-refractivity contribution in [2.45, 2.75) is 90.9 Å². The molecule has 0 unspecified atom stereocenters. The van der Waals surface area contributed by atoms with Crippen LogP contribution in [0.3, 0.4) is 0 Å². The molecule has 9 aromatic rings. The maximum absolute atomic E-state index is 2.57. The van der Waals surface area contributed by atoms with Crippen molar-refractivity contribution in [2.75, 3.05) is 4.90 Å². The van der Waals surface area contributed by atoms with Gasteiger partial charge in [-0.25, -0.2) is 0 Å². The van der Waals surface area contributed by atoms with Gasteiger partial charge in [-0.2, -0.15) is 0 Å². The van der Waals surface area contributed by atoms with Gasteiger partial charge in [0.05, 0.1) is 5.69 Å². The molecule has 0 saturated carbocycles. The van der Waals surface area contributed by atoms with Crippen LogP contribution in [-0.2, 0) is 21.7 Å². The lowest BCUT2D eigenvalue weighted by atomic mass is 9.79. The number of hydrogen-bond acceptors (Lipinski definition) is 3. The predicted octanol–water partition coefficient (Wildman–Crippen LogP) is 17.1. The molecule has 7 aromatic carbocycles. The van der Waals surface area contributed by atoms with E-state index in [2.05, 4.69) is 202 Å². The Kier molecular flexibility index (Phi) is 7.60. The molecule has 0 atom stereocenters. The zero-order valence-corrected chi connectivity index (χ0v) is 37.5. The Balaban J connectivity index is 1.19. The highest BCUT2D eigenvalue weighted by atomic mass is 32.1. The molecule has 0 fully saturated rings. The van der Waals surface area contributed by atoms with Crippen molar-refractivity contribution < 1.29 is 0 Å². The molecule has 11 rings (SSSR count). The first kappa shape index (κ1) is 36.8. The fourth-order valence-corrected chi connectivity index (χ4v) is 13.0. The zero-order valence-electron chi connectivity index (χ0n) is 35.9. The van der Waals surface area contributed by atoms with E-state index in [4.69, 9.17) is 0 Å². The van der Waals surface area contributed by atoms with Crippen LogP contribution in [0.25, 0.3) is 62.6 Å². The first-order chi connectivity index (χ1) is 28.0. The Hall–Kier alpha value is -5.22. The van der Waals surface area contributed by atoms with Crippen molar-refractivity contribution in [3.05, 3.63) is 161 Å². The zero-order chi connectivity index (χ0) is 41.0. The minimum atomic E-state index is -0.170. The van der Waals surface area contributed by atoms with Crippen molar-refractivity contribution in [3.8, 4) is 22.3 Å². The molecule has 1 nitrogen and oxygen atoms in total. The standard InChI is InChI=1S/C56H51NS2/c1-53(2,3)32-26-40-39-30-41-45(31-50(39)59-52(40)46(27-32)54(4,5)6)56(9,10)43-19-15-20-47(51(41)43)57(34-23-25-38-37-17-12-14-21-48(37)58-49(38)29-34)33-22-24-36-35-16-11-13-18-42(35)55(7,8)44(36)28-33/h11-31H,1-10H3. The van der Waals surface area contributed by atoms with Crippen LogP contribution in [0.15, 0.2) is 127 Å². The van der Waals surface area contributed by atoms with E-state index in [1.165, 1.54) is 113 Å². The fraction of sp³-hybridized carbons (Fsp3) is 0.250. The topological polar surface area (TPSA) is 3.24 Å². The summed E-state index contributed by atoms with van der Waals surface area (Å²) in [6.45, 7) is 23.8. The molecule has 2 aliphatic rings. The highest BCUT2D eigenvalue weighted by Crippen LogP contribution is 2.58. The highest BCUT2D eigenvalue weighted by molar-refractivity contribution is 7.26. The molecule has 0 spiro atoms. The van der Waals surface area contributed by atoms with Crippen molar-refractivity contribution >= 4 is 80.1 Å². The summed E-state index contributed by atoms with van der Waals surface area (Å²) in [5.41, 5.74) is 17.2. The Labute approximate surface area is 357 Å². The average molecular weight is 802 g/mol. The fourth-order valence-electron chi connectivity index (χ4n) is 10.4. The van der Waals surface area contributed by atoms with Crippen LogP contribution < -0.4 is 4.90 Å². The van der Waals surface area contributed by atoms with E-state index in [1.54, 1.807) is 0 Å². The summed E-state index contributed by atoms with van der Waals surface area (Å²) < 4.78 is 5.45. The number of rotatable bonds is 3. The van der Waals surface area contributed by atoms with E-state index >= 15 is 0 Å². The van der Waals surface area contributed by atoms with Gasteiger partial charge in [0.15, 0.2) is 0 Å². The highest BCUT2D eigenvalue weighted by Gasteiger charge is 2.40. The minimum absolute atomic E-state index is 0.0317. The largest absolute Gasteiger partial charge is 0.310 e. The Morgan fingerprint density at radius 1 is 0.441 bits per heavy atom. The van der Waals surface area contributed by atoms with Gasteiger partial charge < -0.3 is 4.90 Å². The first-order valence-electron chi connectivity index (χ1n) is 21.2. The smallest absolute Gasteiger partial charge is 0.0543 e. The van der Waals surface area contributed by atoms with Gasteiger partial charge in [0.25, 0.3) is 0 Å². The second-order valence-electron chi connectivity index (χ2n) is 20.2. The number of benzene rings is 7. The summed E-state index contributed by atoms with van der Waals surface area (Å²) in [7, 11) is 0. The van der Waals surface area contributed by atoms with E-state index in [0.717, 1.165) is 0 Å². The Bertz CT molecular complexity index is 3240. The second kappa shape index (κ2) is 12.2. The number of nitrogens with zero attached hydrogens (tertiary/aromatic N) is 1. The van der Waals surface area contributed by atoms with Crippen molar-refractivity contribution in [3.63, 3.8) is 0 Å². The SMILES string of the molecule is CC(C)(C)c1cc(C(C)(C)C)c2sc3cc4c(cc3c2c1)-c1c(N(c2ccc3c(c2)C(C)(C)c2ccccc2-3)c2ccc3c(c2)sc2ccccc23)cccc1C4(C)C. The maximum atomic E-state index is 2.57. The summed E-state index contributed by atoms with van der Waals surface area (Å²) in [6, 6.07) is 49.3. The molecule has 2 aliphatic carbocycles. The normalized spacial score (nSPS) is 15.2. The lowest BCUT2D eigenvalue weighted by Crippen LogP contribution is -2.17. The van der Waals surface area contributed by atoms with Gasteiger partial charge in [0, 0.05) is 68.1 Å². The summed E-state index contributed by atoms with van der Waals surface area (Å²) in [6.07, 6.45) is 0. The molecular formula is C56H51NS2. The average Bonchev–Trinajstić information content (AvgIpc) is 3.88. The third-order valence-electron chi connectivity index (χ3n) is 13.7. The Morgan fingerprint density at radius 3 is 1.88 bits per heavy atom. The van der Waals surface area contributed by atoms with Gasteiger partial charge in [-0.3, -0.25) is 0 Å². The third-order valence-corrected chi connectivity index (χ3v) is 16.1. The molecule has 3 heteroatoms. The van der Waals surface area contributed by atoms with Crippen molar-refractivity contribution in [2.24, 2.45) is 0 Å². The van der Waals surface area contributed by atoms with Crippen LogP contribution in [0.4, 0.5) is 17.1 Å². The molecule has 2 heterocycles. The first-order valence-corrected chi connectivity index (χ1v) is 22.8. The molecule has 0 radical (unpaired) electrons. The van der Waals surface area contributed by atoms with Gasteiger partial charge in [-0.1, -0.05) is 142 Å². The third kappa shape index (κ3) is 5.26. The predicted molar refractivity (Wildman–Crippen MR) is 259 cm³/mol. The van der Waals surface area contributed by atoms with Gasteiger partial charge in [0.1, 0.15) is 0 Å². The molecule has 0 amide bonds. The van der Waals surface area contributed by atoms with E-state index in [9.17, 15) is 0 Å². The van der Waals surface area contributed by atoms with Gasteiger partial charge in [0.2, 0.25) is 0 Å². The number of fused-ring (bicyclic) bond motifs is 12. The van der Waals surface area contributed by atoms with E-state index in [-0.39, 0.29) is 21.7 Å². The summed E-state index contributed by atoms with van der Waals surface area (Å²) in [4.78, 5) is 2.57. The van der Waals surface area contributed by atoms with Crippen LogP contribution in [0.1, 0.15) is 103 Å². The summed E-state index contributed by atoms with van der Waals surface area (Å²) in [5.74, 6) is 0. The van der Waals surface area contributed by atoms with E-state index in [1.807, 2.05) is 22.7 Å². The molecule has 0 aliphatic heterocycles. The number of anilines is 3. The molecule has 0 saturated heterocycles. The number of thiophene rings is 2. The molecule has 292 valence electrons. The lowest BCUT2D eigenvalue weighted by molar-refractivity contribution is 0.573. The van der Waals surface area contributed by atoms with E-state index < -0.39 is 0 Å². The molecule has 0 N–H and O–H groups in total. The van der Waals surface area contributed by atoms with Crippen LogP contribution in [0.5, 0.6) is 0 Å². The quantitative estimate of drug-likeness (QED) is 0.172. The van der Waals surface area contributed by atoms with Crippen molar-refractivity contribution in [1.29, 1.82) is 0 Å². The lowest BCUT2D eigenvalue weighted by Gasteiger charge is -2.30. The number of hydrogen-bond donors (Lipinski definition) is 0. The maximum Gasteiger partial charge on any atom is 0.0543 e. The van der Waals surface area contributed by atoms with Crippen LogP contribution in [-0.4, -0.2) is 0 Å². The van der Waals surface area contributed by atoms with E-state index in [0.29, 0.717) is 0 Å². The van der Waals surface area contributed by atoms with Gasteiger partial charge in [-0.15, -0.1) is 22.7 Å². The van der Waals surface area contributed by atoms with Gasteiger partial charge >= 0.3 is 0 Å². The Morgan fingerprint density at radius 2 is 1.08 bits per heavy atom. The molecule has 0 bridgehead atoms. The molecular weight excluding hydrogens is 751 g/mol. The minimum Gasteiger partial charge on any atom is -0.310 e. The monoisotopic (exact) mass is 801 g/mol. The van der Waals surface area contributed by atoms with Crippen molar-refractivity contribution in [1.82, 2.24) is 0 Å². The molecule has 59 heavy (non-hydrogen) atoms. The second-order valence-corrected chi connectivity index (χ2v) is 22.4. The summed E-state index contributed by atoms with van der Waals surface area (Å²) in [5, 5.41) is 5.41. The van der Waals surface area contributed by atoms with Crippen LogP contribution in [0.2, 0.25) is 0 Å². The molecule has 2 aromatic heterocycles. The van der Waals surface area contributed by atoms with Crippen LogP contribution in [0, 0.1) is 0 Å². The van der Waals surface area contributed by atoms with Gasteiger partial charge in [-0.05, 0) is 115 Å². The van der Waals surface area contributed by atoms with Crippen LogP contribution >= 0.6 is 22.7 Å².